The maximum absolute atomic E-state index is 12.4. The van der Waals surface area contributed by atoms with E-state index in [4.69, 9.17) is 0 Å². The van der Waals surface area contributed by atoms with Crippen LogP contribution in [0.2, 0.25) is 0 Å². The monoisotopic (exact) mass is 459 g/mol. The number of thiazole rings is 1. The van der Waals surface area contributed by atoms with E-state index in [1.54, 1.807) is 12.1 Å². The summed E-state index contributed by atoms with van der Waals surface area (Å²) in [4.78, 5) is 28.0. The van der Waals surface area contributed by atoms with Crippen LogP contribution in [0.1, 0.15) is 35.8 Å². The first-order valence-corrected chi connectivity index (χ1v) is 10.1. The summed E-state index contributed by atoms with van der Waals surface area (Å²) in [6, 6.07) is 12.3. The van der Waals surface area contributed by atoms with E-state index >= 15 is 0 Å². The first-order chi connectivity index (χ1) is 13.3. The van der Waals surface area contributed by atoms with Gasteiger partial charge in [0.15, 0.2) is 5.13 Å². The van der Waals surface area contributed by atoms with Crippen molar-refractivity contribution >= 4 is 44.2 Å². The molecule has 3 aromatic rings. The third kappa shape index (κ3) is 4.76. The van der Waals surface area contributed by atoms with E-state index in [0.29, 0.717) is 9.60 Å². The van der Waals surface area contributed by atoms with E-state index in [2.05, 4.69) is 31.5 Å². The molecule has 3 N–H and O–H groups in total. The molecule has 0 spiro atoms. The van der Waals surface area contributed by atoms with Gasteiger partial charge in [-0.1, -0.05) is 40.2 Å². The summed E-state index contributed by atoms with van der Waals surface area (Å²) in [6.07, 6.45) is 0. The maximum atomic E-state index is 12.4. The molecular formula is C20H18BrN3O3S. The van der Waals surface area contributed by atoms with Crippen LogP contribution in [0.3, 0.4) is 0 Å². The Morgan fingerprint density at radius 2 is 1.89 bits per heavy atom. The fourth-order valence-electron chi connectivity index (χ4n) is 2.65. The summed E-state index contributed by atoms with van der Waals surface area (Å²) in [7, 11) is 0. The van der Waals surface area contributed by atoms with E-state index < -0.39 is 5.91 Å². The molecule has 1 aromatic heterocycles. The zero-order valence-corrected chi connectivity index (χ0v) is 17.6. The highest BCUT2D eigenvalue weighted by atomic mass is 79.9. The SMILES string of the molecule is CC(=O)NC(C)c1ccc(-c2csc(NC(=O)c3cc(Br)ccc3O)n2)cc1. The van der Waals surface area contributed by atoms with E-state index in [1.165, 1.54) is 24.3 Å². The summed E-state index contributed by atoms with van der Waals surface area (Å²) < 4.78 is 0.698. The van der Waals surface area contributed by atoms with Gasteiger partial charge in [-0.2, -0.15) is 0 Å². The molecule has 1 unspecified atom stereocenters. The number of carbonyl (C=O) groups excluding carboxylic acids is 2. The molecule has 1 heterocycles. The number of amides is 2. The normalized spacial score (nSPS) is 11.7. The van der Waals surface area contributed by atoms with Gasteiger partial charge in [-0.3, -0.25) is 14.9 Å². The molecule has 0 bridgehead atoms. The third-order valence-electron chi connectivity index (χ3n) is 4.05. The number of anilines is 1. The molecule has 6 nitrogen and oxygen atoms in total. The number of rotatable bonds is 5. The van der Waals surface area contributed by atoms with Gasteiger partial charge >= 0.3 is 0 Å². The van der Waals surface area contributed by atoms with Crippen LogP contribution in [0.15, 0.2) is 52.3 Å². The topological polar surface area (TPSA) is 91.3 Å². The van der Waals surface area contributed by atoms with Crippen molar-refractivity contribution in [3.63, 3.8) is 0 Å². The molecule has 8 heteroatoms. The Balaban J connectivity index is 1.72. The molecule has 0 saturated carbocycles. The average molecular weight is 460 g/mol. The number of hydrogen-bond acceptors (Lipinski definition) is 5. The second-order valence-corrected chi connectivity index (χ2v) is 7.97. The molecule has 3 rings (SSSR count). The van der Waals surface area contributed by atoms with Crippen LogP contribution in [0.5, 0.6) is 5.75 Å². The molecule has 0 saturated heterocycles. The van der Waals surface area contributed by atoms with Gasteiger partial charge in [0.05, 0.1) is 17.3 Å². The Hall–Kier alpha value is -2.71. The number of phenols is 1. The zero-order valence-electron chi connectivity index (χ0n) is 15.2. The predicted molar refractivity (Wildman–Crippen MR) is 114 cm³/mol. The molecule has 1 atom stereocenters. The molecule has 0 aliphatic rings. The van der Waals surface area contributed by atoms with Crippen molar-refractivity contribution in [2.75, 3.05) is 5.32 Å². The van der Waals surface area contributed by atoms with Gasteiger partial charge in [-0.05, 0) is 30.7 Å². The van der Waals surface area contributed by atoms with Gasteiger partial charge < -0.3 is 10.4 Å². The lowest BCUT2D eigenvalue weighted by molar-refractivity contribution is -0.119. The van der Waals surface area contributed by atoms with Crippen molar-refractivity contribution in [2.45, 2.75) is 19.9 Å². The Morgan fingerprint density at radius 1 is 1.18 bits per heavy atom. The largest absolute Gasteiger partial charge is 0.507 e. The fraction of sp³-hybridized carbons (Fsp3) is 0.150. The number of benzene rings is 2. The molecule has 28 heavy (non-hydrogen) atoms. The summed E-state index contributed by atoms with van der Waals surface area (Å²) in [5.41, 5.74) is 2.80. The van der Waals surface area contributed by atoms with Crippen molar-refractivity contribution < 1.29 is 14.7 Å². The average Bonchev–Trinajstić information content (AvgIpc) is 3.11. The summed E-state index contributed by atoms with van der Waals surface area (Å²) in [5, 5.41) is 17.7. The number of halogens is 1. The van der Waals surface area contributed by atoms with Crippen molar-refractivity contribution in [3.05, 3.63) is 63.4 Å². The van der Waals surface area contributed by atoms with Crippen LogP contribution in [-0.4, -0.2) is 21.9 Å². The van der Waals surface area contributed by atoms with Gasteiger partial charge in [0.2, 0.25) is 5.91 Å². The standard InChI is InChI=1S/C20H18BrN3O3S/c1-11(22-12(2)25)13-3-5-14(6-4-13)17-10-28-20(23-17)24-19(27)16-9-15(21)7-8-18(16)26/h3-11,26H,1-2H3,(H,22,25)(H,23,24,27). The van der Waals surface area contributed by atoms with E-state index in [-0.39, 0.29) is 23.3 Å². The van der Waals surface area contributed by atoms with Crippen LogP contribution in [-0.2, 0) is 4.79 Å². The fourth-order valence-corrected chi connectivity index (χ4v) is 3.72. The molecule has 0 radical (unpaired) electrons. The summed E-state index contributed by atoms with van der Waals surface area (Å²) >= 11 is 4.59. The van der Waals surface area contributed by atoms with Crippen molar-refractivity contribution in [1.82, 2.24) is 10.3 Å². The van der Waals surface area contributed by atoms with Crippen LogP contribution in [0.25, 0.3) is 11.3 Å². The minimum atomic E-state index is -0.431. The van der Waals surface area contributed by atoms with E-state index in [9.17, 15) is 14.7 Å². The van der Waals surface area contributed by atoms with Crippen LogP contribution >= 0.6 is 27.3 Å². The quantitative estimate of drug-likeness (QED) is 0.514. The molecular weight excluding hydrogens is 442 g/mol. The van der Waals surface area contributed by atoms with E-state index in [0.717, 1.165) is 16.8 Å². The highest BCUT2D eigenvalue weighted by molar-refractivity contribution is 9.10. The number of phenolic OH excluding ortho intramolecular Hbond substituents is 1. The molecule has 0 fully saturated rings. The van der Waals surface area contributed by atoms with Crippen molar-refractivity contribution in [1.29, 1.82) is 0 Å². The zero-order chi connectivity index (χ0) is 20.3. The molecule has 0 aliphatic heterocycles. The number of hydrogen-bond donors (Lipinski definition) is 3. The Bertz CT molecular complexity index is 1020. The smallest absolute Gasteiger partial charge is 0.261 e. The van der Waals surface area contributed by atoms with Gasteiger partial charge in [-0.25, -0.2) is 4.98 Å². The number of aromatic nitrogens is 1. The second-order valence-electron chi connectivity index (χ2n) is 6.20. The number of nitrogens with zero attached hydrogens (tertiary/aromatic N) is 1. The Morgan fingerprint density at radius 3 is 2.57 bits per heavy atom. The molecule has 2 aromatic carbocycles. The highest BCUT2D eigenvalue weighted by Crippen LogP contribution is 2.28. The van der Waals surface area contributed by atoms with Crippen LogP contribution in [0, 0.1) is 0 Å². The van der Waals surface area contributed by atoms with Gasteiger partial charge in [0.1, 0.15) is 5.75 Å². The van der Waals surface area contributed by atoms with Crippen LogP contribution < -0.4 is 10.6 Å². The summed E-state index contributed by atoms with van der Waals surface area (Å²) in [5.74, 6) is -0.603. The van der Waals surface area contributed by atoms with Crippen molar-refractivity contribution in [2.24, 2.45) is 0 Å². The van der Waals surface area contributed by atoms with Gasteiger partial charge in [0, 0.05) is 22.3 Å². The molecule has 0 aliphatic carbocycles. The van der Waals surface area contributed by atoms with Crippen molar-refractivity contribution in [3.8, 4) is 17.0 Å². The Kier molecular flexibility index (Phi) is 6.11. The van der Waals surface area contributed by atoms with Crippen LogP contribution in [0.4, 0.5) is 5.13 Å². The third-order valence-corrected chi connectivity index (χ3v) is 5.31. The molecule has 144 valence electrons. The first kappa shape index (κ1) is 20.0. The highest BCUT2D eigenvalue weighted by Gasteiger charge is 2.14. The number of nitrogens with one attached hydrogen (secondary N) is 2. The lowest BCUT2D eigenvalue weighted by atomic mass is 10.1. The van der Waals surface area contributed by atoms with E-state index in [1.807, 2.05) is 36.6 Å². The lowest BCUT2D eigenvalue weighted by Crippen LogP contribution is -2.23. The van der Waals surface area contributed by atoms with Gasteiger partial charge in [0.25, 0.3) is 5.91 Å². The minimum absolute atomic E-state index is 0.0743. The molecule has 2 amide bonds. The summed E-state index contributed by atoms with van der Waals surface area (Å²) in [6.45, 7) is 3.41. The maximum Gasteiger partial charge on any atom is 0.261 e. The minimum Gasteiger partial charge on any atom is -0.507 e. The second kappa shape index (κ2) is 8.53. The Labute approximate surface area is 174 Å². The lowest BCUT2D eigenvalue weighted by Gasteiger charge is -2.13. The first-order valence-electron chi connectivity index (χ1n) is 8.46. The number of aromatic hydroxyl groups is 1. The number of carbonyl (C=O) groups is 2. The van der Waals surface area contributed by atoms with Gasteiger partial charge in [-0.15, -0.1) is 11.3 Å². The predicted octanol–water partition coefficient (Wildman–Crippen LogP) is 4.73.